The van der Waals surface area contributed by atoms with Gasteiger partial charge in [-0.1, -0.05) is 12.1 Å². The molecule has 0 atom stereocenters. The first kappa shape index (κ1) is 19.8. The van der Waals surface area contributed by atoms with Crippen LogP contribution in [0.5, 0.6) is 5.75 Å². The highest BCUT2D eigenvalue weighted by atomic mass is 32.2. The molecule has 0 aromatic heterocycles. The Balaban J connectivity index is 2.06. The lowest BCUT2D eigenvalue weighted by atomic mass is 10.2. The average molecular weight is 387 g/mol. The molecule has 0 radical (unpaired) electrons. The number of benzene rings is 2. The summed E-state index contributed by atoms with van der Waals surface area (Å²) in [7, 11) is -3.44. The van der Waals surface area contributed by atoms with E-state index in [-0.39, 0.29) is 16.3 Å². The van der Waals surface area contributed by atoms with Crippen LogP contribution in [0.1, 0.15) is 11.1 Å². The van der Waals surface area contributed by atoms with Crippen LogP contribution in [0.25, 0.3) is 0 Å². The summed E-state index contributed by atoms with van der Waals surface area (Å²) in [6.45, 7) is 1.15. The second-order valence-electron chi connectivity index (χ2n) is 5.61. The highest BCUT2D eigenvalue weighted by molar-refractivity contribution is 7.90. The lowest BCUT2D eigenvalue weighted by molar-refractivity contribution is -0.137. The molecule has 2 aromatic rings. The molecule has 2 aromatic carbocycles. The molecule has 1 amide bonds. The molecule has 26 heavy (non-hydrogen) atoms. The van der Waals surface area contributed by atoms with Gasteiger partial charge in [0.15, 0.2) is 16.4 Å². The minimum Gasteiger partial charge on any atom is -0.484 e. The SMILES string of the molecule is Cc1ccc(S(C)(=O)=O)cc1NC(=O)COc1cccc(C(F)(F)F)c1. The van der Waals surface area contributed by atoms with Crippen molar-refractivity contribution in [2.75, 3.05) is 18.2 Å². The Morgan fingerprint density at radius 2 is 1.85 bits per heavy atom. The molecular formula is C17H16F3NO4S. The Morgan fingerprint density at radius 1 is 1.15 bits per heavy atom. The number of ether oxygens (including phenoxy) is 1. The largest absolute Gasteiger partial charge is 0.484 e. The third-order valence-corrected chi connectivity index (χ3v) is 4.55. The van der Waals surface area contributed by atoms with Gasteiger partial charge in [0.2, 0.25) is 0 Å². The monoisotopic (exact) mass is 387 g/mol. The molecule has 2 rings (SSSR count). The number of rotatable bonds is 5. The topological polar surface area (TPSA) is 72.5 Å². The summed E-state index contributed by atoms with van der Waals surface area (Å²) >= 11 is 0. The van der Waals surface area contributed by atoms with Crippen molar-refractivity contribution in [1.29, 1.82) is 0 Å². The van der Waals surface area contributed by atoms with Gasteiger partial charge in [-0.15, -0.1) is 0 Å². The van der Waals surface area contributed by atoms with Crippen molar-refractivity contribution in [1.82, 2.24) is 0 Å². The molecule has 140 valence electrons. The van der Waals surface area contributed by atoms with Crippen molar-refractivity contribution in [2.45, 2.75) is 18.0 Å². The maximum Gasteiger partial charge on any atom is 0.416 e. The minimum absolute atomic E-state index is 0.0391. The van der Waals surface area contributed by atoms with E-state index in [1.165, 1.54) is 24.3 Å². The van der Waals surface area contributed by atoms with E-state index in [1.807, 2.05) is 0 Å². The molecule has 0 fully saturated rings. The third-order valence-electron chi connectivity index (χ3n) is 3.44. The quantitative estimate of drug-likeness (QED) is 0.853. The highest BCUT2D eigenvalue weighted by Gasteiger charge is 2.30. The second-order valence-corrected chi connectivity index (χ2v) is 7.63. The second kappa shape index (κ2) is 7.36. The van der Waals surface area contributed by atoms with Crippen LogP contribution in [-0.2, 0) is 20.8 Å². The van der Waals surface area contributed by atoms with Crippen LogP contribution < -0.4 is 10.1 Å². The zero-order chi connectivity index (χ0) is 19.5. The standard InChI is InChI=1S/C17H16F3NO4S/c1-11-6-7-14(26(2,23)24)9-15(11)21-16(22)10-25-13-5-3-4-12(8-13)17(18,19)20/h3-9H,10H2,1-2H3,(H,21,22). The Kier molecular flexibility index (Phi) is 5.60. The summed E-state index contributed by atoms with van der Waals surface area (Å²) in [4.78, 5) is 12.0. The fourth-order valence-electron chi connectivity index (χ4n) is 2.06. The first-order valence-electron chi connectivity index (χ1n) is 7.37. The molecule has 0 aliphatic carbocycles. The Labute approximate surface area is 148 Å². The maximum atomic E-state index is 12.6. The van der Waals surface area contributed by atoms with Crippen LogP contribution in [-0.4, -0.2) is 27.2 Å². The van der Waals surface area contributed by atoms with E-state index in [4.69, 9.17) is 4.74 Å². The Morgan fingerprint density at radius 3 is 2.46 bits per heavy atom. The van der Waals surface area contributed by atoms with Gasteiger partial charge in [-0.05, 0) is 42.8 Å². The molecule has 0 bridgehead atoms. The number of nitrogens with one attached hydrogen (secondary N) is 1. The van der Waals surface area contributed by atoms with Gasteiger partial charge < -0.3 is 10.1 Å². The molecule has 0 spiro atoms. The number of carbonyl (C=O) groups excluding carboxylic acids is 1. The zero-order valence-corrected chi connectivity index (χ0v) is 14.7. The lowest BCUT2D eigenvalue weighted by Gasteiger charge is -2.12. The van der Waals surface area contributed by atoms with Crippen LogP contribution in [0.3, 0.4) is 0 Å². The molecule has 0 saturated carbocycles. The number of hydrogen-bond donors (Lipinski definition) is 1. The van der Waals surface area contributed by atoms with Crippen LogP contribution in [0.15, 0.2) is 47.4 Å². The van der Waals surface area contributed by atoms with Crippen molar-refractivity contribution in [3.8, 4) is 5.75 Å². The zero-order valence-electron chi connectivity index (χ0n) is 13.9. The molecule has 0 aliphatic heterocycles. The molecule has 1 N–H and O–H groups in total. The van der Waals surface area contributed by atoms with Gasteiger partial charge in [0.25, 0.3) is 5.91 Å². The van der Waals surface area contributed by atoms with Crippen molar-refractivity contribution >= 4 is 21.4 Å². The summed E-state index contributed by atoms with van der Waals surface area (Å²) in [5.74, 6) is -0.729. The Hall–Kier alpha value is -2.55. The number of amides is 1. The number of sulfone groups is 1. The van der Waals surface area contributed by atoms with Crippen molar-refractivity contribution < 1.29 is 31.1 Å². The van der Waals surface area contributed by atoms with Crippen LogP contribution in [0, 0.1) is 6.92 Å². The molecule has 0 heterocycles. The highest BCUT2D eigenvalue weighted by Crippen LogP contribution is 2.31. The van der Waals surface area contributed by atoms with Gasteiger partial charge in [-0.25, -0.2) is 8.42 Å². The van der Waals surface area contributed by atoms with E-state index >= 15 is 0 Å². The van der Waals surface area contributed by atoms with Crippen LogP contribution >= 0.6 is 0 Å². The van der Waals surface area contributed by atoms with E-state index in [2.05, 4.69) is 5.32 Å². The summed E-state index contributed by atoms with van der Waals surface area (Å²) < 4.78 is 66.2. The van der Waals surface area contributed by atoms with Gasteiger partial charge in [0.1, 0.15) is 5.75 Å². The van der Waals surface area contributed by atoms with Gasteiger partial charge >= 0.3 is 6.18 Å². The van der Waals surface area contributed by atoms with Crippen LogP contribution in [0.2, 0.25) is 0 Å². The van der Waals surface area contributed by atoms with E-state index < -0.39 is 34.1 Å². The predicted octanol–water partition coefficient (Wildman–Crippen LogP) is 3.43. The minimum atomic E-state index is -4.51. The number of alkyl halides is 3. The first-order chi connectivity index (χ1) is 12.0. The van der Waals surface area contributed by atoms with E-state index in [0.29, 0.717) is 5.56 Å². The summed E-state index contributed by atoms with van der Waals surface area (Å²) in [6.07, 6.45) is -3.47. The molecular weight excluding hydrogens is 371 g/mol. The van der Waals surface area contributed by atoms with Gasteiger partial charge in [0, 0.05) is 11.9 Å². The van der Waals surface area contributed by atoms with Crippen molar-refractivity contribution in [3.63, 3.8) is 0 Å². The first-order valence-corrected chi connectivity index (χ1v) is 9.26. The van der Waals surface area contributed by atoms with E-state index in [9.17, 15) is 26.4 Å². The van der Waals surface area contributed by atoms with Crippen LogP contribution in [0.4, 0.5) is 18.9 Å². The number of carbonyl (C=O) groups is 1. The lowest BCUT2D eigenvalue weighted by Crippen LogP contribution is -2.21. The molecule has 0 aliphatic rings. The predicted molar refractivity (Wildman–Crippen MR) is 89.9 cm³/mol. The summed E-state index contributed by atoms with van der Waals surface area (Å²) in [5.41, 5.74) is 0.0301. The normalized spacial score (nSPS) is 11.9. The fraction of sp³-hybridized carbons (Fsp3) is 0.235. The molecule has 9 heteroatoms. The van der Waals surface area contributed by atoms with Crippen molar-refractivity contribution in [2.24, 2.45) is 0 Å². The number of aryl methyl sites for hydroxylation is 1. The molecule has 0 unspecified atom stereocenters. The van der Waals surface area contributed by atoms with Crippen molar-refractivity contribution in [3.05, 3.63) is 53.6 Å². The third kappa shape index (κ3) is 5.22. The number of anilines is 1. The smallest absolute Gasteiger partial charge is 0.416 e. The maximum absolute atomic E-state index is 12.6. The summed E-state index contributed by atoms with van der Waals surface area (Å²) in [5, 5.41) is 2.49. The van der Waals surface area contributed by atoms with Gasteiger partial charge in [-0.3, -0.25) is 4.79 Å². The average Bonchev–Trinajstić information content (AvgIpc) is 2.53. The number of hydrogen-bond acceptors (Lipinski definition) is 4. The Bertz CT molecular complexity index is 924. The van der Waals surface area contributed by atoms with E-state index in [0.717, 1.165) is 18.4 Å². The van der Waals surface area contributed by atoms with Gasteiger partial charge in [-0.2, -0.15) is 13.2 Å². The number of halogens is 3. The fourth-order valence-corrected chi connectivity index (χ4v) is 2.71. The van der Waals surface area contributed by atoms with Gasteiger partial charge in [0.05, 0.1) is 10.5 Å². The summed E-state index contributed by atoms with van der Waals surface area (Å²) in [6, 6.07) is 8.44. The molecule has 0 saturated heterocycles. The molecule has 5 nitrogen and oxygen atoms in total. The van der Waals surface area contributed by atoms with E-state index in [1.54, 1.807) is 13.0 Å².